The summed E-state index contributed by atoms with van der Waals surface area (Å²) in [4.78, 5) is 0. The second kappa shape index (κ2) is 6.04. The number of thioether (sulfide) groups is 1. The van der Waals surface area contributed by atoms with Crippen LogP contribution >= 0.6 is 11.8 Å². The smallest absolute Gasteiger partial charge is 0.191 e. The van der Waals surface area contributed by atoms with Crippen molar-refractivity contribution in [3.05, 3.63) is 58.6 Å². The summed E-state index contributed by atoms with van der Waals surface area (Å²) in [7, 11) is 0. The summed E-state index contributed by atoms with van der Waals surface area (Å²) in [5, 5.41) is 29.1. The highest BCUT2D eigenvalue weighted by atomic mass is 32.2. The van der Waals surface area contributed by atoms with Gasteiger partial charge in [-0.25, -0.2) is 4.39 Å². The van der Waals surface area contributed by atoms with Crippen LogP contribution in [-0.4, -0.2) is 11.5 Å². The number of fused-ring (bicyclic) bond motifs is 1. The van der Waals surface area contributed by atoms with Gasteiger partial charge in [0.15, 0.2) is 5.41 Å². The van der Waals surface area contributed by atoms with Gasteiger partial charge >= 0.3 is 0 Å². The minimum absolute atomic E-state index is 0.0716. The fourth-order valence-corrected chi connectivity index (χ4v) is 4.62. The molecule has 0 fully saturated rings. The Bertz CT molecular complexity index is 868. The summed E-state index contributed by atoms with van der Waals surface area (Å²) in [6.07, 6.45) is 1.90. The van der Waals surface area contributed by atoms with E-state index in [-0.39, 0.29) is 17.2 Å². The minimum atomic E-state index is -1.76. The van der Waals surface area contributed by atoms with E-state index in [4.69, 9.17) is 5.73 Å². The van der Waals surface area contributed by atoms with Gasteiger partial charge in [0.2, 0.25) is 0 Å². The molecule has 1 aromatic rings. The Balaban J connectivity index is 2.37. The average Bonchev–Trinajstić information content (AvgIpc) is 2.62. The average molecular weight is 336 g/mol. The number of halogens is 1. The second-order valence-electron chi connectivity index (χ2n) is 5.73. The maximum absolute atomic E-state index is 14.5. The highest BCUT2D eigenvalue weighted by Gasteiger charge is 2.54. The van der Waals surface area contributed by atoms with E-state index in [0.29, 0.717) is 11.3 Å². The standard InChI is InChI=1S/C18H13FN4S/c19-15-4-2-1-3-12(15)16-14-8-24-6-5-11(14)13(7-20)17(23)18(16,9-21)10-22/h1-5,14,16H,6,8,23H2/t14-,16-/m1/s1. The van der Waals surface area contributed by atoms with Crippen molar-refractivity contribution in [1.29, 1.82) is 15.8 Å². The summed E-state index contributed by atoms with van der Waals surface area (Å²) in [5.74, 6) is -0.193. The number of hydrogen-bond donors (Lipinski definition) is 1. The van der Waals surface area contributed by atoms with Crippen LogP contribution in [0.1, 0.15) is 11.5 Å². The fraction of sp³-hybridized carbons (Fsp3) is 0.278. The molecule has 24 heavy (non-hydrogen) atoms. The van der Waals surface area contributed by atoms with Crippen LogP contribution in [-0.2, 0) is 0 Å². The molecule has 4 nitrogen and oxygen atoms in total. The molecular weight excluding hydrogens is 323 g/mol. The summed E-state index contributed by atoms with van der Waals surface area (Å²) >= 11 is 1.63. The number of hydrogen-bond acceptors (Lipinski definition) is 5. The van der Waals surface area contributed by atoms with Gasteiger partial charge in [-0.3, -0.25) is 0 Å². The Hall–Kier alpha value is -2.75. The Labute approximate surface area is 143 Å². The molecule has 118 valence electrons. The summed E-state index contributed by atoms with van der Waals surface area (Å²) < 4.78 is 14.5. The highest BCUT2D eigenvalue weighted by molar-refractivity contribution is 7.99. The largest absolute Gasteiger partial charge is 0.399 e. The molecule has 0 bridgehead atoms. The van der Waals surface area contributed by atoms with E-state index in [1.54, 1.807) is 30.0 Å². The van der Waals surface area contributed by atoms with Gasteiger partial charge in [0, 0.05) is 23.3 Å². The Morgan fingerprint density at radius 2 is 1.92 bits per heavy atom. The Kier molecular flexibility index (Phi) is 4.06. The van der Waals surface area contributed by atoms with Crippen LogP contribution in [0.5, 0.6) is 0 Å². The third-order valence-electron chi connectivity index (χ3n) is 4.67. The van der Waals surface area contributed by atoms with Gasteiger partial charge in [-0.15, -0.1) is 0 Å². The molecule has 1 aromatic carbocycles. The summed E-state index contributed by atoms with van der Waals surface area (Å²) in [6, 6.07) is 12.2. The van der Waals surface area contributed by atoms with Crippen LogP contribution in [0.3, 0.4) is 0 Å². The van der Waals surface area contributed by atoms with Crippen LogP contribution in [0.25, 0.3) is 0 Å². The molecule has 0 aromatic heterocycles. The molecule has 0 radical (unpaired) electrons. The molecule has 0 amide bonds. The van der Waals surface area contributed by atoms with Crippen molar-refractivity contribution in [1.82, 2.24) is 0 Å². The van der Waals surface area contributed by atoms with Gasteiger partial charge in [-0.2, -0.15) is 27.5 Å². The number of nitrogens with zero attached hydrogens (tertiary/aromatic N) is 3. The molecule has 1 aliphatic heterocycles. The van der Waals surface area contributed by atoms with Gasteiger partial charge in [0.05, 0.1) is 23.4 Å². The lowest BCUT2D eigenvalue weighted by Crippen LogP contribution is -2.43. The molecule has 1 heterocycles. The maximum atomic E-state index is 14.5. The van der Waals surface area contributed by atoms with Gasteiger partial charge in [0.25, 0.3) is 0 Å². The molecular formula is C18H13FN4S. The van der Waals surface area contributed by atoms with E-state index in [1.807, 2.05) is 24.3 Å². The number of nitriles is 3. The lowest BCUT2D eigenvalue weighted by atomic mass is 9.59. The van der Waals surface area contributed by atoms with Crippen molar-refractivity contribution in [2.45, 2.75) is 5.92 Å². The third kappa shape index (κ3) is 2.10. The zero-order valence-corrected chi connectivity index (χ0v) is 13.5. The van der Waals surface area contributed by atoms with Gasteiger partial charge < -0.3 is 5.73 Å². The van der Waals surface area contributed by atoms with E-state index in [2.05, 4.69) is 0 Å². The van der Waals surface area contributed by atoms with Gasteiger partial charge in [-0.1, -0.05) is 24.3 Å². The summed E-state index contributed by atoms with van der Waals surface area (Å²) in [5.41, 5.74) is 5.49. The van der Waals surface area contributed by atoms with Crippen LogP contribution in [0, 0.1) is 51.1 Å². The van der Waals surface area contributed by atoms with Crippen molar-refractivity contribution in [3.8, 4) is 18.2 Å². The number of nitrogens with two attached hydrogens (primary N) is 1. The molecule has 3 rings (SSSR count). The quantitative estimate of drug-likeness (QED) is 0.850. The first-order valence-corrected chi connectivity index (χ1v) is 8.51. The fourth-order valence-electron chi connectivity index (χ4n) is 3.56. The molecule has 0 spiro atoms. The predicted octanol–water partition coefficient (Wildman–Crippen LogP) is 2.98. The Morgan fingerprint density at radius 1 is 1.21 bits per heavy atom. The SMILES string of the molecule is N#CC1=C(N)C(C#N)(C#N)[C@H](c2ccccc2F)[C@@H]2CSCC=C12. The first-order chi connectivity index (χ1) is 11.6. The number of allylic oxidation sites excluding steroid dienone is 3. The zero-order chi connectivity index (χ0) is 17.3. The molecule has 6 heteroatoms. The first kappa shape index (κ1) is 16.1. The van der Waals surface area contributed by atoms with Crippen LogP contribution < -0.4 is 5.73 Å². The van der Waals surface area contributed by atoms with E-state index in [0.717, 1.165) is 11.3 Å². The lowest BCUT2D eigenvalue weighted by Gasteiger charge is -2.43. The monoisotopic (exact) mass is 336 g/mol. The lowest BCUT2D eigenvalue weighted by molar-refractivity contribution is 0.357. The van der Waals surface area contributed by atoms with Crippen molar-refractivity contribution in [2.75, 3.05) is 11.5 Å². The van der Waals surface area contributed by atoms with Crippen molar-refractivity contribution in [2.24, 2.45) is 17.1 Å². The second-order valence-corrected chi connectivity index (χ2v) is 6.81. The molecule has 0 saturated heterocycles. The van der Waals surface area contributed by atoms with E-state index in [1.165, 1.54) is 6.07 Å². The predicted molar refractivity (Wildman–Crippen MR) is 88.5 cm³/mol. The Morgan fingerprint density at radius 3 is 2.54 bits per heavy atom. The normalized spacial score (nSPS) is 24.8. The zero-order valence-electron chi connectivity index (χ0n) is 12.7. The molecule has 2 N–H and O–H groups in total. The maximum Gasteiger partial charge on any atom is 0.191 e. The van der Waals surface area contributed by atoms with Crippen molar-refractivity contribution >= 4 is 11.8 Å². The molecule has 0 unspecified atom stereocenters. The molecule has 2 aliphatic rings. The van der Waals surface area contributed by atoms with Crippen molar-refractivity contribution < 1.29 is 4.39 Å². The van der Waals surface area contributed by atoms with Gasteiger partial charge in [0.1, 0.15) is 11.9 Å². The third-order valence-corrected chi connectivity index (χ3v) is 5.67. The number of rotatable bonds is 1. The molecule has 1 aliphatic carbocycles. The van der Waals surface area contributed by atoms with E-state index >= 15 is 0 Å². The van der Waals surface area contributed by atoms with Crippen molar-refractivity contribution in [3.63, 3.8) is 0 Å². The van der Waals surface area contributed by atoms with E-state index in [9.17, 15) is 20.2 Å². The van der Waals surface area contributed by atoms with E-state index < -0.39 is 17.2 Å². The first-order valence-electron chi connectivity index (χ1n) is 7.36. The van der Waals surface area contributed by atoms with Gasteiger partial charge in [-0.05, 0) is 17.2 Å². The van der Waals surface area contributed by atoms with Crippen LogP contribution in [0.2, 0.25) is 0 Å². The topological polar surface area (TPSA) is 97.4 Å². The van der Waals surface area contributed by atoms with Crippen LogP contribution in [0.4, 0.5) is 4.39 Å². The summed E-state index contributed by atoms with van der Waals surface area (Å²) in [6.45, 7) is 0. The highest BCUT2D eigenvalue weighted by Crippen LogP contribution is 2.55. The van der Waals surface area contributed by atoms with Crippen LogP contribution in [0.15, 0.2) is 47.2 Å². The molecule has 2 atom stereocenters. The molecule has 0 saturated carbocycles. The minimum Gasteiger partial charge on any atom is -0.399 e. The number of benzene rings is 1.